The summed E-state index contributed by atoms with van der Waals surface area (Å²) < 4.78 is 3.12. The van der Waals surface area contributed by atoms with Crippen LogP contribution in [0.15, 0.2) is 65.7 Å². The maximum Gasteiger partial charge on any atom is 0.281 e. The zero-order valence-corrected chi connectivity index (χ0v) is 22.6. The molecule has 5 rings (SSSR count). The first-order valence-electron chi connectivity index (χ1n) is 13.5. The summed E-state index contributed by atoms with van der Waals surface area (Å²) >= 11 is 0. The highest BCUT2D eigenvalue weighted by atomic mass is 16.3. The van der Waals surface area contributed by atoms with E-state index in [4.69, 9.17) is 5.73 Å². The average molecular weight is 529 g/mol. The van der Waals surface area contributed by atoms with Crippen LogP contribution in [0.3, 0.4) is 0 Å². The summed E-state index contributed by atoms with van der Waals surface area (Å²) in [6.45, 7) is 3.66. The van der Waals surface area contributed by atoms with Crippen LogP contribution in [0.1, 0.15) is 43.2 Å². The van der Waals surface area contributed by atoms with Gasteiger partial charge in [-0.2, -0.15) is 5.10 Å². The topological polar surface area (TPSA) is 119 Å². The van der Waals surface area contributed by atoms with Gasteiger partial charge in [-0.05, 0) is 42.9 Å². The van der Waals surface area contributed by atoms with Crippen LogP contribution in [-0.4, -0.2) is 60.5 Å². The molecule has 0 unspecified atom stereocenters. The van der Waals surface area contributed by atoms with Crippen molar-refractivity contribution < 1.29 is 9.90 Å². The van der Waals surface area contributed by atoms with E-state index >= 15 is 0 Å². The van der Waals surface area contributed by atoms with Crippen LogP contribution in [0.2, 0.25) is 0 Å². The second-order valence-corrected chi connectivity index (χ2v) is 10.7. The number of aromatic nitrogens is 4. The molecule has 1 fully saturated rings. The van der Waals surface area contributed by atoms with Crippen molar-refractivity contribution >= 4 is 16.9 Å². The molecular formula is C30H36N6O3. The van der Waals surface area contributed by atoms with Crippen LogP contribution >= 0.6 is 0 Å². The van der Waals surface area contributed by atoms with Crippen LogP contribution in [0.5, 0.6) is 0 Å². The molecule has 0 aliphatic carbocycles. The van der Waals surface area contributed by atoms with Gasteiger partial charge in [0.2, 0.25) is 5.91 Å². The van der Waals surface area contributed by atoms with E-state index in [1.54, 1.807) is 11.7 Å². The van der Waals surface area contributed by atoms with E-state index in [0.29, 0.717) is 44.4 Å². The van der Waals surface area contributed by atoms with Crippen molar-refractivity contribution in [3.05, 3.63) is 82.4 Å². The number of carbonyl (C=O) groups excluding carboxylic acids is 1. The Kier molecular flexibility index (Phi) is 7.63. The number of aryl methyl sites for hydroxylation is 1. The van der Waals surface area contributed by atoms with E-state index in [0.717, 1.165) is 28.8 Å². The quantitative estimate of drug-likeness (QED) is 0.363. The minimum Gasteiger partial charge on any atom is -0.388 e. The lowest BCUT2D eigenvalue weighted by atomic mass is 9.90. The van der Waals surface area contributed by atoms with E-state index in [1.165, 1.54) is 10.9 Å². The van der Waals surface area contributed by atoms with Crippen LogP contribution in [0.25, 0.3) is 22.3 Å². The molecule has 9 heteroatoms. The Morgan fingerprint density at radius 3 is 2.44 bits per heavy atom. The number of nitrogens with zero attached hydrogens (tertiary/aromatic N) is 5. The number of fused-ring (bicyclic) bond motifs is 1. The summed E-state index contributed by atoms with van der Waals surface area (Å²) in [6.07, 6.45) is 3.52. The predicted molar refractivity (Wildman–Crippen MR) is 151 cm³/mol. The summed E-state index contributed by atoms with van der Waals surface area (Å²) in [4.78, 5) is 32.7. The zero-order chi connectivity index (χ0) is 27.6. The molecule has 1 aliphatic rings. The van der Waals surface area contributed by atoms with Crippen LogP contribution in [-0.2, 0) is 24.8 Å². The van der Waals surface area contributed by atoms with Crippen molar-refractivity contribution in [1.82, 2.24) is 24.2 Å². The van der Waals surface area contributed by atoms with Crippen molar-refractivity contribution in [3.63, 3.8) is 0 Å². The molecule has 204 valence electrons. The number of likely N-dealkylation sites (tertiary alicyclic amines) is 1. The van der Waals surface area contributed by atoms with E-state index in [-0.39, 0.29) is 29.4 Å². The van der Waals surface area contributed by atoms with Gasteiger partial charge in [0.25, 0.3) is 5.56 Å². The standard InChI is InChI=1S/C30H36N6O3/c1-21(23-6-4-3-5-7-23)18-25(37)35-16-13-30(39,14-17-35)19-36-20-32-26-27(29(36)38)33-34(2)28(26)24-10-8-22(9-11-24)12-15-31/h3-11,20-21,39H,12-19,31H2,1-2H3/t21-/m1/s1. The highest BCUT2D eigenvalue weighted by molar-refractivity contribution is 5.89. The van der Waals surface area contributed by atoms with Gasteiger partial charge in [-0.15, -0.1) is 0 Å². The maximum atomic E-state index is 13.4. The number of nitrogens with two attached hydrogens (primary N) is 1. The molecule has 2 aromatic carbocycles. The molecule has 3 N–H and O–H groups in total. The van der Waals surface area contributed by atoms with Gasteiger partial charge in [0.1, 0.15) is 5.52 Å². The molecule has 0 spiro atoms. The molecule has 1 aliphatic heterocycles. The Bertz CT molecular complexity index is 1500. The average Bonchev–Trinajstić information content (AvgIpc) is 3.28. The molecule has 9 nitrogen and oxygen atoms in total. The summed E-state index contributed by atoms with van der Waals surface area (Å²) in [6, 6.07) is 18.1. The molecule has 0 radical (unpaired) electrons. The maximum absolute atomic E-state index is 13.4. The zero-order valence-electron chi connectivity index (χ0n) is 22.6. The fourth-order valence-electron chi connectivity index (χ4n) is 5.47. The van der Waals surface area contributed by atoms with E-state index in [2.05, 4.69) is 17.0 Å². The van der Waals surface area contributed by atoms with Crippen molar-refractivity contribution in [3.8, 4) is 11.3 Å². The number of aliphatic hydroxyl groups is 1. The molecule has 3 heterocycles. The molecule has 1 saturated heterocycles. The molecule has 1 atom stereocenters. The van der Waals surface area contributed by atoms with Crippen molar-refractivity contribution in [2.75, 3.05) is 19.6 Å². The van der Waals surface area contributed by atoms with Gasteiger partial charge >= 0.3 is 0 Å². The van der Waals surface area contributed by atoms with Gasteiger partial charge in [-0.1, -0.05) is 61.5 Å². The third-order valence-electron chi connectivity index (χ3n) is 7.83. The summed E-state index contributed by atoms with van der Waals surface area (Å²) in [5.41, 5.74) is 9.05. The van der Waals surface area contributed by atoms with Crippen molar-refractivity contribution in [2.24, 2.45) is 12.8 Å². The fraction of sp³-hybridized carbons (Fsp3) is 0.400. The predicted octanol–water partition coefficient (Wildman–Crippen LogP) is 2.85. The molecule has 4 aromatic rings. The summed E-state index contributed by atoms with van der Waals surface area (Å²) in [5, 5.41) is 15.8. The Labute approximate surface area is 227 Å². The van der Waals surface area contributed by atoms with E-state index < -0.39 is 5.60 Å². The van der Waals surface area contributed by atoms with Crippen molar-refractivity contribution in [2.45, 2.75) is 50.7 Å². The monoisotopic (exact) mass is 528 g/mol. The number of hydrogen-bond donors (Lipinski definition) is 2. The Balaban J connectivity index is 1.27. The number of carbonyl (C=O) groups is 1. The molecule has 2 aromatic heterocycles. The second kappa shape index (κ2) is 11.1. The molecular weight excluding hydrogens is 492 g/mol. The molecule has 1 amide bonds. The number of amides is 1. The second-order valence-electron chi connectivity index (χ2n) is 10.7. The van der Waals surface area contributed by atoms with Gasteiger partial charge in [0, 0.05) is 32.1 Å². The lowest BCUT2D eigenvalue weighted by Gasteiger charge is -2.38. The first-order chi connectivity index (χ1) is 18.8. The first kappa shape index (κ1) is 26.8. The van der Waals surface area contributed by atoms with E-state index in [9.17, 15) is 14.7 Å². The van der Waals surface area contributed by atoms with Gasteiger partial charge in [-0.3, -0.25) is 18.8 Å². The summed E-state index contributed by atoms with van der Waals surface area (Å²) in [7, 11) is 1.80. The molecule has 0 saturated carbocycles. The minimum atomic E-state index is -1.10. The summed E-state index contributed by atoms with van der Waals surface area (Å²) in [5.74, 6) is 0.216. The number of piperidine rings is 1. The molecule has 0 bridgehead atoms. The number of hydrogen-bond acceptors (Lipinski definition) is 6. The minimum absolute atomic E-state index is 0.0886. The van der Waals surface area contributed by atoms with Gasteiger partial charge in [-0.25, -0.2) is 4.98 Å². The highest BCUT2D eigenvalue weighted by Gasteiger charge is 2.35. The SMILES string of the molecule is C[C@H](CC(=O)N1CCC(O)(Cn2cnc3c(-c4ccc(CCN)cc4)n(C)nc3c2=O)CC1)c1ccccc1. The lowest BCUT2D eigenvalue weighted by molar-refractivity contribution is -0.136. The van der Waals surface area contributed by atoms with Crippen LogP contribution < -0.4 is 11.3 Å². The Morgan fingerprint density at radius 1 is 1.08 bits per heavy atom. The van der Waals surface area contributed by atoms with Gasteiger partial charge < -0.3 is 15.7 Å². The normalized spacial score (nSPS) is 15.9. The third-order valence-corrected chi connectivity index (χ3v) is 7.83. The lowest BCUT2D eigenvalue weighted by Crippen LogP contribution is -2.49. The largest absolute Gasteiger partial charge is 0.388 e. The Hall–Kier alpha value is -3.82. The first-order valence-corrected chi connectivity index (χ1v) is 13.5. The number of rotatable bonds is 8. The third kappa shape index (κ3) is 5.65. The molecule has 39 heavy (non-hydrogen) atoms. The van der Waals surface area contributed by atoms with Crippen LogP contribution in [0.4, 0.5) is 0 Å². The van der Waals surface area contributed by atoms with Crippen LogP contribution in [0, 0.1) is 0 Å². The number of benzene rings is 2. The Morgan fingerprint density at radius 2 is 1.77 bits per heavy atom. The highest BCUT2D eigenvalue weighted by Crippen LogP contribution is 2.28. The van der Waals surface area contributed by atoms with Gasteiger partial charge in [0.15, 0.2) is 5.52 Å². The van der Waals surface area contributed by atoms with Gasteiger partial charge in [0.05, 0.1) is 24.2 Å². The fourth-order valence-corrected chi connectivity index (χ4v) is 5.47. The van der Waals surface area contributed by atoms with E-state index in [1.807, 2.05) is 59.5 Å². The smallest absolute Gasteiger partial charge is 0.281 e. The van der Waals surface area contributed by atoms with Crippen molar-refractivity contribution in [1.29, 1.82) is 0 Å².